The van der Waals surface area contributed by atoms with Gasteiger partial charge in [-0.05, 0) is 30.2 Å². The van der Waals surface area contributed by atoms with Gasteiger partial charge in [0, 0.05) is 39.1 Å². The van der Waals surface area contributed by atoms with E-state index in [1.807, 2.05) is 56.3 Å². The molecule has 0 radical (unpaired) electrons. The molecular formula is C19H22N4O2. The van der Waals surface area contributed by atoms with Crippen molar-refractivity contribution in [3.05, 3.63) is 59.4 Å². The zero-order chi connectivity index (χ0) is 18.0. The van der Waals surface area contributed by atoms with Crippen LogP contribution in [0, 0.1) is 6.92 Å². The Kier molecular flexibility index (Phi) is 4.70. The molecule has 1 aliphatic rings. The second kappa shape index (κ2) is 6.93. The number of aryl methyl sites for hydroxylation is 1. The molecule has 0 saturated carbocycles. The lowest BCUT2D eigenvalue weighted by Gasteiger charge is -2.35. The molecule has 6 nitrogen and oxygen atoms in total. The molecule has 2 amide bonds. The van der Waals surface area contributed by atoms with Crippen LogP contribution in [0.15, 0.2) is 42.6 Å². The Morgan fingerprint density at radius 1 is 1.28 bits per heavy atom. The Bertz CT molecular complexity index is 804. The molecule has 130 valence electrons. The molecular weight excluding hydrogens is 316 g/mol. The average Bonchev–Trinajstić information content (AvgIpc) is 2.62. The predicted octanol–water partition coefficient (Wildman–Crippen LogP) is 1.77. The molecule has 2 heterocycles. The number of nitrogens with zero attached hydrogens (tertiary/aromatic N) is 3. The normalized spacial score (nSPS) is 17.2. The van der Waals surface area contributed by atoms with E-state index in [1.165, 1.54) is 0 Å². The van der Waals surface area contributed by atoms with Gasteiger partial charge in [-0.1, -0.05) is 24.3 Å². The van der Waals surface area contributed by atoms with Crippen LogP contribution in [-0.4, -0.2) is 48.9 Å². The van der Waals surface area contributed by atoms with Gasteiger partial charge in [-0.25, -0.2) is 0 Å². The van der Waals surface area contributed by atoms with Crippen molar-refractivity contribution in [2.24, 2.45) is 0 Å². The second-order valence-electron chi connectivity index (χ2n) is 6.34. The van der Waals surface area contributed by atoms with Crippen LogP contribution in [0.3, 0.4) is 0 Å². The van der Waals surface area contributed by atoms with Gasteiger partial charge in [0.05, 0.1) is 0 Å². The topological polar surface area (TPSA) is 65.5 Å². The Morgan fingerprint density at radius 3 is 2.76 bits per heavy atom. The van der Waals surface area contributed by atoms with Crippen molar-refractivity contribution in [1.29, 1.82) is 0 Å². The van der Waals surface area contributed by atoms with E-state index in [1.54, 1.807) is 17.2 Å². The first-order valence-corrected chi connectivity index (χ1v) is 8.26. The average molecular weight is 338 g/mol. The first-order chi connectivity index (χ1) is 12.0. The quantitative estimate of drug-likeness (QED) is 0.926. The number of nitrogens with one attached hydrogen (secondary N) is 1. The molecule has 1 aromatic heterocycles. The molecule has 0 spiro atoms. The van der Waals surface area contributed by atoms with Crippen LogP contribution in [-0.2, 0) is 4.79 Å². The van der Waals surface area contributed by atoms with Crippen molar-refractivity contribution in [3.8, 4) is 0 Å². The molecule has 25 heavy (non-hydrogen) atoms. The lowest BCUT2D eigenvalue weighted by Crippen LogP contribution is -2.52. The van der Waals surface area contributed by atoms with Crippen LogP contribution in [0.25, 0.3) is 0 Å². The molecule has 0 aliphatic carbocycles. The minimum Gasteiger partial charge on any atom is -0.378 e. The summed E-state index contributed by atoms with van der Waals surface area (Å²) in [5, 5.41) is 2.86. The largest absolute Gasteiger partial charge is 0.378 e. The molecule has 0 bridgehead atoms. The summed E-state index contributed by atoms with van der Waals surface area (Å²) in [5.41, 5.74) is 3.07. The van der Waals surface area contributed by atoms with E-state index in [2.05, 4.69) is 10.3 Å². The number of anilines is 1. The van der Waals surface area contributed by atoms with Gasteiger partial charge in [-0.2, -0.15) is 0 Å². The molecule has 1 aliphatic heterocycles. The lowest BCUT2D eigenvalue weighted by molar-refractivity contribution is -0.128. The fourth-order valence-corrected chi connectivity index (χ4v) is 3.05. The highest BCUT2D eigenvalue weighted by Crippen LogP contribution is 2.27. The number of piperazine rings is 1. The molecule has 6 heteroatoms. The first kappa shape index (κ1) is 17.0. The van der Waals surface area contributed by atoms with Crippen LogP contribution in [0.1, 0.15) is 27.7 Å². The summed E-state index contributed by atoms with van der Waals surface area (Å²) in [6.07, 6.45) is 1.62. The number of carbonyl (C=O) groups excluding carboxylic acids is 2. The highest BCUT2D eigenvalue weighted by atomic mass is 16.2. The highest BCUT2D eigenvalue weighted by molar-refractivity contribution is 5.98. The van der Waals surface area contributed by atoms with Gasteiger partial charge in [0.25, 0.3) is 5.91 Å². The van der Waals surface area contributed by atoms with E-state index in [-0.39, 0.29) is 11.8 Å². The van der Waals surface area contributed by atoms with Crippen molar-refractivity contribution < 1.29 is 9.59 Å². The fourth-order valence-electron chi connectivity index (χ4n) is 3.05. The van der Waals surface area contributed by atoms with Crippen LogP contribution < -0.4 is 10.2 Å². The molecule has 0 unspecified atom stereocenters. The third-order valence-corrected chi connectivity index (χ3v) is 4.43. The third kappa shape index (κ3) is 3.33. The maximum absolute atomic E-state index is 13.1. The predicted molar refractivity (Wildman–Crippen MR) is 96.5 cm³/mol. The summed E-state index contributed by atoms with van der Waals surface area (Å²) in [5.74, 6) is -0.385. The Hall–Kier alpha value is -2.89. The Morgan fingerprint density at radius 2 is 2.04 bits per heavy atom. The number of hydrogen-bond acceptors (Lipinski definition) is 4. The monoisotopic (exact) mass is 338 g/mol. The van der Waals surface area contributed by atoms with Crippen molar-refractivity contribution in [1.82, 2.24) is 15.2 Å². The van der Waals surface area contributed by atoms with Crippen LogP contribution in [0.5, 0.6) is 0 Å². The van der Waals surface area contributed by atoms with Crippen LogP contribution in [0.4, 0.5) is 5.69 Å². The smallest absolute Gasteiger partial charge is 0.273 e. The number of amides is 2. The molecule has 1 fully saturated rings. The van der Waals surface area contributed by atoms with E-state index < -0.39 is 6.04 Å². The fraction of sp³-hybridized carbons (Fsp3) is 0.316. The molecule has 1 saturated heterocycles. The van der Waals surface area contributed by atoms with Crippen molar-refractivity contribution in [3.63, 3.8) is 0 Å². The standard InChI is InChI=1S/C19H22N4O2/c1-13-6-4-5-7-15(13)17-18(24)21-10-11-23(17)19(25)16-12-14(22(2)3)8-9-20-16/h4-9,12,17H,10-11H2,1-3H3,(H,21,24)/t17-/m1/s1. The highest BCUT2D eigenvalue weighted by Gasteiger charge is 2.36. The maximum atomic E-state index is 13.1. The number of carbonyl (C=O) groups is 2. The summed E-state index contributed by atoms with van der Waals surface area (Å²) in [7, 11) is 3.82. The van der Waals surface area contributed by atoms with Gasteiger partial charge < -0.3 is 15.1 Å². The van der Waals surface area contributed by atoms with Gasteiger partial charge in [0.2, 0.25) is 5.91 Å². The molecule has 3 rings (SSSR count). The zero-order valence-electron chi connectivity index (χ0n) is 14.7. The van der Waals surface area contributed by atoms with Crippen molar-refractivity contribution in [2.75, 3.05) is 32.1 Å². The van der Waals surface area contributed by atoms with Crippen molar-refractivity contribution >= 4 is 17.5 Å². The zero-order valence-corrected chi connectivity index (χ0v) is 14.7. The molecule has 2 aromatic rings. The summed E-state index contributed by atoms with van der Waals surface area (Å²) in [6.45, 7) is 2.85. The number of hydrogen-bond donors (Lipinski definition) is 1. The van der Waals surface area contributed by atoms with Gasteiger partial charge in [-0.15, -0.1) is 0 Å². The molecule has 1 aromatic carbocycles. The minimum absolute atomic E-state index is 0.155. The Labute approximate surface area is 147 Å². The SMILES string of the molecule is Cc1ccccc1[C@@H]1C(=O)NCCN1C(=O)c1cc(N(C)C)ccn1. The third-order valence-electron chi connectivity index (χ3n) is 4.43. The lowest BCUT2D eigenvalue weighted by atomic mass is 9.97. The minimum atomic E-state index is -0.632. The van der Waals surface area contributed by atoms with E-state index in [0.29, 0.717) is 18.8 Å². The van der Waals surface area contributed by atoms with Gasteiger partial charge >= 0.3 is 0 Å². The second-order valence-corrected chi connectivity index (χ2v) is 6.34. The first-order valence-electron chi connectivity index (χ1n) is 8.26. The Balaban J connectivity index is 1.98. The molecule has 1 N–H and O–H groups in total. The summed E-state index contributed by atoms with van der Waals surface area (Å²) in [6, 6.07) is 10.6. The maximum Gasteiger partial charge on any atom is 0.273 e. The number of benzene rings is 1. The van der Waals surface area contributed by atoms with Crippen LogP contribution >= 0.6 is 0 Å². The van der Waals surface area contributed by atoms with Gasteiger partial charge in [-0.3, -0.25) is 14.6 Å². The van der Waals surface area contributed by atoms with E-state index >= 15 is 0 Å². The number of aromatic nitrogens is 1. The van der Waals surface area contributed by atoms with E-state index in [0.717, 1.165) is 16.8 Å². The number of rotatable bonds is 3. The summed E-state index contributed by atoms with van der Waals surface area (Å²) < 4.78 is 0. The van der Waals surface area contributed by atoms with E-state index in [4.69, 9.17) is 0 Å². The number of pyridine rings is 1. The molecule has 1 atom stereocenters. The summed E-state index contributed by atoms with van der Waals surface area (Å²) in [4.78, 5) is 33.4. The van der Waals surface area contributed by atoms with Gasteiger partial charge in [0.1, 0.15) is 11.7 Å². The summed E-state index contributed by atoms with van der Waals surface area (Å²) >= 11 is 0. The van der Waals surface area contributed by atoms with Crippen molar-refractivity contribution in [2.45, 2.75) is 13.0 Å². The van der Waals surface area contributed by atoms with E-state index in [9.17, 15) is 9.59 Å². The van der Waals surface area contributed by atoms with Crippen LogP contribution in [0.2, 0.25) is 0 Å². The van der Waals surface area contributed by atoms with Gasteiger partial charge in [0.15, 0.2) is 0 Å².